The fraction of sp³-hybridized carbons (Fsp3) is 0.733. The first-order valence-corrected chi connectivity index (χ1v) is 8.05. The summed E-state index contributed by atoms with van der Waals surface area (Å²) in [6.07, 6.45) is 7.60. The summed E-state index contributed by atoms with van der Waals surface area (Å²) >= 11 is 1.88. The molecule has 0 saturated heterocycles. The lowest BCUT2D eigenvalue weighted by Gasteiger charge is -2.32. The highest BCUT2D eigenvalue weighted by Crippen LogP contribution is 2.58. The van der Waals surface area contributed by atoms with Gasteiger partial charge in [0.25, 0.3) is 0 Å². The lowest BCUT2D eigenvalue weighted by atomic mass is 9.79. The predicted octanol–water partition coefficient (Wildman–Crippen LogP) is 3.66. The third-order valence-electron chi connectivity index (χ3n) is 5.55. The topological polar surface area (TPSA) is 12.0 Å². The molecule has 0 spiro atoms. The van der Waals surface area contributed by atoms with E-state index in [9.17, 15) is 0 Å². The highest BCUT2D eigenvalue weighted by molar-refractivity contribution is 7.09. The molecule has 0 radical (unpaired) electrons. The second-order valence-electron chi connectivity index (χ2n) is 6.22. The van der Waals surface area contributed by atoms with E-state index in [1.807, 2.05) is 11.3 Å². The summed E-state index contributed by atoms with van der Waals surface area (Å²) in [6, 6.07) is 5.25. The Labute approximate surface area is 108 Å². The molecule has 4 rings (SSSR count). The molecule has 3 aliphatic carbocycles. The molecule has 1 aromatic heterocycles. The normalized spacial score (nSPS) is 43.2. The highest BCUT2D eigenvalue weighted by atomic mass is 32.1. The van der Waals surface area contributed by atoms with Gasteiger partial charge in [0.05, 0.1) is 0 Å². The van der Waals surface area contributed by atoms with Crippen LogP contribution in [0.5, 0.6) is 0 Å². The summed E-state index contributed by atoms with van der Waals surface area (Å²) < 4.78 is 0. The minimum Gasteiger partial charge on any atom is -0.309 e. The van der Waals surface area contributed by atoms with Gasteiger partial charge < -0.3 is 5.32 Å². The lowest BCUT2D eigenvalue weighted by Crippen LogP contribution is -2.38. The van der Waals surface area contributed by atoms with E-state index in [-0.39, 0.29) is 0 Å². The second kappa shape index (κ2) is 4.10. The van der Waals surface area contributed by atoms with Crippen molar-refractivity contribution in [1.29, 1.82) is 0 Å². The zero-order valence-corrected chi connectivity index (χ0v) is 11.1. The Bertz CT molecular complexity index is 386. The van der Waals surface area contributed by atoms with Gasteiger partial charge >= 0.3 is 0 Å². The lowest BCUT2D eigenvalue weighted by molar-refractivity contribution is 0.208. The number of rotatable bonds is 3. The molecule has 1 nitrogen and oxygen atoms in total. The van der Waals surface area contributed by atoms with Crippen LogP contribution in [0.3, 0.4) is 0 Å². The standard InChI is InChI=1S/C15H21NS/c1-4-12-10-7-14(13(12)5-1)15(8-10)16-9-11-3-2-6-17-11/h2-3,6,10,12-16H,1,4-5,7-9H2/t10-,12+,13+,14-,15+/m0/s1. The molecular formula is C15H21NS. The van der Waals surface area contributed by atoms with Crippen LogP contribution in [0.25, 0.3) is 0 Å². The molecule has 2 heteroatoms. The Hall–Kier alpha value is -0.340. The van der Waals surface area contributed by atoms with Gasteiger partial charge in [0.2, 0.25) is 0 Å². The molecule has 3 saturated carbocycles. The van der Waals surface area contributed by atoms with E-state index in [1.165, 1.54) is 30.6 Å². The van der Waals surface area contributed by atoms with Crippen molar-refractivity contribution in [3.63, 3.8) is 0 Å². The molecule has 5 atom stereocenters. The van der Waals surface area contributed by atoms with Crippen LogP contribution >= 0.6 is 11.3 Å². The molecule has 1 N–H and O–H groups in total. The van der Waals surface area contributed by atoms with E-state index in [0.717, 1.165) is 36.3 Å². The summed E-state index contributed by atoms with van der Waals surface area (Å²) in [7, 11) is 0. The van der Waals surface area contributed by atoms with Crippen molar-refractivity contribution < 1.29 is 0 Å². The molecule has 2 bridgehead atoms. The van der Waals surface area contributed by atoms with Gasteiger partial charge in [-0.25, -0.2) is 0 Å². The Morgan fingerprint density at radius 2 is 2.12 bits per heavy atom. The van der Waals surface area contributed by atoms with Crippen molar-refractivity contribution in [1.82, 2.24) is 5.32 Å². The van der Waals surface area contributed by atoms with E-state index in [2.05, 4.69) is 22.8 Å². The zero-order chi connectivity index (χ0) is 11.2. The van der Waals surface area contributed by atoms with Gasteiger partial charge in [-0.2, -0.15) is 0 Å². The van der Waals surface area contributed by atoms with Crippen LogP contribution in [0.1, 0.15) is 37.0 Å². The first-order chi connectivity index (χ1) is 8.42. The Kier molecular flexibility index (Phi) is 2.55. The molecule has 1 heterocycles. The molecular weight excluding hydrogens is 226 g/mol. The quantitative estimate of drug-likeness (QED) is 0.859. The fourth-order valence-electron chi connectivity index (χ4n) is 4.95. The molecule has 92 valence electrons. The smallest absolute Gasteiger partial charge is 0.0302 e. The van der Waals surface area contributed by atoms with Gasteiger partial charge in [-0.05, 0) is 60.8 Å². The van der Waals surface area contributed by atoms with Crippen molar-refractivity contribution in [3.8, 4) is 0 Å². The Morgan fingerprint density at radius 3 is 3.00 bits per heavy atom. The average Bonchev–Trinajstić information content (AvgIpc) is 3.08. The number of thiophene rings is 1. The number of hydrogen-bond donors (Lipinski definition) is 1. The zero-order valence-electron chi connectivity index (χ0n) is 10.3. The molecule has 0 amide bonds. The van der Waals surface area contributed by atoms with Crippen LogP contribution in [0.4, 0.5) is 0 Å². The van der Waals surface area contributed by atoms with E-state index in [1.54, 1.807) is 6.42 Å². The van der Waals surface area contributed by atoms with E-state index in [4.69, 9.17) is 0 Å². The average molecular weight is 247 g/mol. The van der Waals surface area contributed by atoms with Crippen LogP contribution in [-0.4, -0.2) is 6.04 Å². The van der Waals surface area contributed by atoms with Gasteiger partial charge in [-0.3, -0.25) is 0 Å². The molecule has 3 aliphatic rings. The van der Waals surface area contributed by atoms with Crippen molar-refractivity contribution in [3.05, 3.63) is 22.4 Å². The van der Waals surface area contributed by atoms with E-state index >= 15 is 0 Å². The largest absolute Gasteiger partial charge is 0.309 e. The number of nitrogens with one attached hydrogen (secondary N) is 1. The van der Waals surface area contributed by atoms with Crippen LogP contribution in [0, 0.1) is 23.7 Å². The molecule has 0 aromatic carbocycles. The Balaban J connectivity index is 1.41. The molecule has 3 fully saturated rings. The first kappa shape index (κ1) is 10.6. The summed E-state index contributed by atoms with van der Waals surface area (Å²) in [6.45, 7) is 1.10. The monoisotopic (exact) mass is 247 g/mol. The number of hydrogen-bond acceptors (Lipinski definition) is 2. The van der Waals surface area contributed by atoms with Crippen LogP contribution in [0.2, 0.25) is 0 Å². The van der Waals surface area contributed by atoms with Gasteiger partial charge in [0.15, 0.2) is 0 Å². The van der Waals surface area contributed by atoms with Crippen molar-refractivity contribution in [2.24, 2.45) is 23.7 Å². The van der Waals surface area contributed by atoms with Gasteiger partial charge in [0.1, 0.15) is 0 Å². The number of fused-ring (bicyclic) bond motifs is 5. The van der Waals surface area contributed by atoms with E-state index in [0.29, 0.717) is 0 Å². The highest BCUT2D eigenvalue weighted by Gasteiger charge is 2.53. The Morgan fingerprint density at radius 1 is 1.18 bits per heavy atom. The van der Waals surface area contributed by atoms with Gasteiger partial charge in [-0.1, -0.05) is 12.5 Å². The van der Waals surface area contributed by atoms with Gasteiger partial charge in [0, 0.05) is 17.5 Å². The fourth-order valence-corrected chi connectivity index (χ4v) is 5.60. The van der Waals surface area contributed by atoms with E-state index < -0.39 is 0 Å². The summed E-state index contributed by atoms with van der Waals surface area (Å²) in [5.41, 5.74) is 0. The van der Waals surface area contributed by atoms with Crippen LogP contribution in [0.15, 0.2) is 17.5 Å². The maximum Gasteiger partial charge on any atom is 0.0302 e. The molecule has 17 heavy (non-hydrogen) atoms. The van der Waals surface area contributed by atoms with Crippen molar-refractivity contribution in [2.75, 3.05) is 0 Å². The minimum atomic E-state index is 0.835. The molecule has 0 unspecified atom stereocenters. The third-order valence-corrected chi connectivity index (χ3v) is 6.42. The third kappa shape index (κ3) is 1.68. The summed E-state index contributed by atoms with van der Waals surface area (Å²) in [5, 5.41) is 6.02. The van der Waals surface area contributed by atoms with Gasteiger partial charge in [-0.15, -0.1) is 11.3 Å². The minimum absolute atomic E-state index is 0.835. The molecule has 0 aliphatic heterocycles. The maximum atomic E-state index is 3.84. The predicted molar refractivity (Wildman–Crippen MR) is 72.0 cm³/mol. The summed E-state index contributed by atoms with van der Waals surface area (Å²) in [4.78, 5) is 1.50. The summed E-state index contributed by atoms with van der Waals surface area (Å²) in [5.74, 6) is 4.31. The maximum absolute atomic E-state index is 3.84. The molecule has 1 aromatic rings. The van der Waals surface area contributed by atoms with Crippen molar-refractivity contribution >= 4 is 11.3 Å². The second-order valence-corrected chi connectivity index (χ2v) is 7.25. The van der Waals surface area contributed by atoms with Crippen LogP contribution < -0.4 is 5.32 Å². The van der Waals surface area contributed by atoms with Crippen molar-refractivity contribution in [2.45, 2.75) is 44.7 Å². The SMILES string of the molecule is c1csc(CN[C@@H]2C[C@@H]3C[C@H]2[C@@H]2CCC[C@H]32)c1. The first-order valence-electron chi connectivity index (χ1n) is 7.17. The van der Waals surface area contributed by atoms with Crippen LogP contribution in [-0.2, 0) is 6.54 Å².